The highest BCUT2D eigenvalue weighted by Crippen LogP contribution is 2.39. The lowest BCUT2D eigenvalue weighted by Gasteiger charge is -2.37. The number of hydrogen-bond donors (Lipinski definition) is 1. The zero-order valence-electron chi connectivity index (χ0n) is 13.1. The van der Waals surface area contributed by atoms with E-state index in [1.807, 2.05) is 0 Å². The van der Waals surface area contributed by atoms with E-state index in [1.54, 1.807) is 0 Å². The SMILES string of the molecule is CCCNCC1(CN(C)C2CCOC2C)CCCC1. The summed E-state index contributed by atoms with van der Waals surface area (Å²) in [6.07, 6.45) is 8.48. The van der Waals surface area contributed by atoms with Gasteiger partial charge in [-0.1, -0.05) is 19.8 Å². The lowest BCUT2D eigenvalue weighted by atomic mass is 9.84. The topological polar surface area (TPSA) is 24.5 Å². The summed E-state index contributed by atoms with van der Waals surface area (Å²) in [5, 5.41) is 3.67. The fourth-order valence-corrected chi connectivity index (χ4v) is 3.99. The molecule has 0 aromatic carbocycles. The van der Waals surface area contributed by atoms with Gasteiger partial charge in [0.05, 0.1) is 6.10 Å². The van der Waals surface area contributed by atoms with Crippen LogP contribution in [0.3, 0.4) is 0 Å². The minimum Gasteiger partial charge on any atom is -0.377 e. The normalized spacial score (nSPS) is 30.3. The van der Waals surface area contributed by atoms with Crippen LogP contribution in [0.2, 0.25) is 0 Å². The van der Waals surface area contributed by atoms with Crippen LogP contribution in [-0.4, -0.2) is 50.3 Å². The second kappa shape index (κ2) is 7.05. The molecule has 1 saturated heterocycles. The third kappa shape index (κ3) is 3.93. The van der Waals surface area contributed by atoms with Crippen molar-refractivity contribution < 1.29 is 4.74 Å². The molecule has 1 saturated carbocycles. The maximum Gasteiger partial charge on any atom is 0.0702 e. The van der Waals surface area contributed by atoms with E-state index in [-0.39, 0.29) is 0 Å². The van der Waals surface area contributed by atoms with Gasteiger partial charge in [0.1, 0.15) is 0 Å². The van der Waals surface area contributed by atoms with Gasteiger partial charge in [-0.3, -0.25) is 0 Å². The van der Waals surface area contributed by atoms with Gasteiger partial charge >= 0.3 is 0 Å². The fraction of sp³-hybridized carbons (Fsp3) is 1.00. The molecule has 0 bridgehead atoms. The molecule has 2 atom stereocenters. The molecule has 0 radical (unpaired) electrons. The summed E-state index contributed by atoms with van der Waals surface area (Å²) in [4.78, 5) is 2.58. The largest absolute Gasteiger partial charge is 0.377 e. The van der Waals surface area contributed by atoms with Gasteiger partial charge in [0.2, 0.25) is 0 Å². The van der Waals surface area contributed by atoms with Gasteiger partial charge in [-0.25, -0.2) is 0 Å². The van der Waals surface area contributed by atoms with Gasteiger partial charge in [-0.05, 0) is 51.6 Å². The van der Waals surface area contributed by atoms with Crippen molar-refractivity contribution in [2.24, 2.45) is 5.41 Å². The van der Waals surface area contributed by atoms with Crippen molar-refractivity contribution in [3.8, 4) is 0 Å². The summed E-state index contributed by atoms with van der Waals surface area (Å²) >= 11 is 0. The predicted octanol–water partition coefficient (Wildman–Crippen LogP) is 2.66. The minimum absolute atomic E-state index is 0.409. The first kappa shape index (κ1) is 15.3. The number of nitrogens with one attached hydrogen (secondary N) is 1. The van der Waals surface area contributed by atoms with Crippen molar-refractivity contribution in [2.75, 3.05) is 33.3 Å². The number of ether oxygens (including phenoxy) is 1. The summed E-state index contributed by atoms with van der Waals surface area (Å²) < 4.78 is 5.73. The molecular formula is C16H32N2O. The smallest absolute Gasteiger partial charge is 0.0702 e. The summed E-state index contributed by atoms with van der Waals surface area (Å²) in [6, 6.07) is 0.628. The third-order valence-electron chi connectivity index (χ3n) is 5.08. The average Bonchev–Trinajstić information content (AvgIpc) is 2.99. The summed E-state index contributed by atoms with van der Waals surface area (Å²) in [7, 11) is 2.30. The number of nitrogens with zero attached hydrogens (tertiary/aromatic N) is 1. The Morgan fingerprint density at radius 1 is 1.32 bits per heavy atom. The molecule has 1 N–H and O–H groups in total. The molecule has 1 aliphatic heterocycles. The Morgan fingerprint density at radius 2 is 2.05 bits per heavy atom. The molecule has 112 valence electrons. The second-order valence-electron chi connectivity index (χ2n) is 6.73. The van der Waals surface area contributed by atoms with E-state index in [4.69, 9.17) is 4.74 Å². The number of rotatable bonds is 7. The van der Waals surface area contributed by atoms with Crippen LogP contribution in [0.15, 0.2) is 0 Å². The van der Waals surface area contributed by atoms with Crippen LogP contribution in [0.5, 0.6) is 0 Å². The van der Waals surface area contributed by atoms with Crippen LogP contribution in [0.25, 0.3) is 0 Å². The Labute approximate surface area is 119 Å². The van der Waals surface area contributed by atoms with Crippen molar-refractivity contribution in [3.05, 3.63) is 0 Å². The van der Waals surface area contributed by atoms with Crippen LogP contribution >= 0.6 is 0 Å². The average molecular weight is 268 g/mol. The Bertz CT molecular complexity index is 263. The van der Waals surface area contributed by atoms with E-state index in [2.05, 4.69) is 31.1 Å². The van der Waals surface area contributed by atoms with Crippen molar-refractivity contribution in [1.82, 2.24) is 10.2 Å². The molecule has 3 heteroatoms. The first-order chi connectivity index (χ1) is 9.17. The Balaban J connectivity index is 1.88. The van der Waals surface area contributed by atoms with Crippen LogP contribution in [0.1, 0.15) is 52.4 Å². The molecule has 3 nitrogen and oxygen atoms in total. The first-order valence-corrected chi connectivity index (χ1v) is 8.19. The van der Waals surface area contributed by atoms with Crippen LogP contribution < -0.4 is 5.32 Å². The van der Waals surface area contributed by atoms with Crippen molar-refractivity contribution in [3.63, 3.8) is 0 Å². The second-order valence-corrected chi connectivity index (χ2v) is 6.73. The monoisotopic (exact) mass is 268 g/mol. The van der Waals surface area contributed by atoms with Crippen LogP contribution in [0, 0.1) is 5.41 Å². The van der Waals surface area contributed by atoms with Crippen LogP contribution in [0.4, 0.5) is 0 Å². The van der Waals surface area contributed by atoms with Crippen molar-refractivity contribution in [2.45, 2.75) is 64.5 Å². The summed E-state index contributed by atoms with van der Waals surface area (Å²) in [5.74, 6) is 0. The van der Waals surface area contributed by atoms with E-state index in [0.29, 0.717) is 17.6 Å². The lowest BCUT2D eigenvalue weighted by Crippen LogP contribution is -2.46. The van der Waals surface area contributed by atoms with Gasteiger partial charge in [-0.2, -0.15) is 0 Å². The van der Waals surface area contributed by atoms with E-state index >= 15 is 0 Å². The van der Waals surface area contributed by atoms with E-state index in [9.17, 15) is 0 Å². The fourth-order valence-electron chi connectivity index (χ4n) is 3.99. The number of likely N-dealkylation sites (N-methyl/N-ethyl adjacent to an activating group) is 1. The molecule has 2 unspecified atom stereocenters. The molecule has 0 aromatic heterocycles. The van der Waals surface area contributed by atoms with Gasteiger partial charge in [0, 0.05) is 25.7 Å². The lowest BCUT2D eigenvalue weighted by molar-refractivity contribution is 0.0637. The zero-order chi connectivity index (χ0) is 13.7. The molecule has 2 fully saturated rings. The Kier molecular flexibility index (Phi) is 5.67. The van der Waals surface area contributed by atoms with Gasteiger partial charge in [-0.15, -0.1) is 0 Å². The number of hydrogen-bond acceptors (Lipinski definition) is 3. The quantitative estimate of drug-likeness (QED) is 0.718. The van der Waals surface area contributed by atoms with E-state index in [1.165, 1.54) is 51.6 Å². The van der Waals surface area contributed by atoms with Gasteiger partial charge in [0.25, 0.3) is 0 Å². The minimum atomic E-state index is 0.409. The molecule has 2 aliphatic rings. The highest BCUT2D eigenvalue weighted by molar-refractivity contribution is 4.92. The Hall–Kier alpha value is -0.120. The van der Waals surface area contributed by atoms with Crippen LogP contribution in [-0.2, 0) is 4.74 Å². The molecule has 2 rings (SSSR count). The van der Waals surface area contributed by atoms with Crippen molar-refractivity contribution >= 4 is 0 Å². The molecule has 0 amide bonds. The molecule has 1 aliphatic carbocycles. The predicted molar refractivity (Wildman–Crippen MR) is 80.5 cm³/mol. The summed E-state index contributed by atoms with van der Waals surface area (Å²) in [6.45, 7) is 9.02. The third-order valence-corrected chi connectivity index (χ3v) is 5.08. The highest BCUT2D eigenvalue weighted by atomic mass is 16.5. The molecule has 0 spiro atoms. The van der Waals surface area contributed by atoms with E-state index in [0.717, 1.165) is 13.2 Å². The standard InChI is InChI=1S/C16H32N2O/c1-4-10-17-12-16(8-5-6-9-16)13-18(3)15-7-11-19-14(15)2/h14-15,17H,4-13H2,1-3H3. The van der Waals surface area contributed by atoms with Crippen molar-refractivity contribution in [1.29, 1.82) is 0 Å². The molecule has 0 aromatic rings. The first-order valence-electron chi connectivity index (χ1n) is 8.19. The van der Waals surface area contributed by atoms with E-state index < -0.39 is 0 Å². The molecule has 1 heterocycles. The maximum atomic E-state index is 5.73. The molecular weight excluding hydrogens is 236 g/mol. The Morgan fingerprint density at radius 3 is 2.63 bits per heavy atom. The maximum absolute atomic E-state index is 5.73. The molecule has 19 heavy (non-hydrogen) atoms. The van der Waals surface area contributed by atoms with Gasteiger partial charge < -0.3 is 15.0 Å². The summed E-state index contributed by atoms with van der Waals surface area (Å²) in [5.41, 5.74) is 0.520. The van der Waals surface area contributed by atoms with Gasteiger partial charge in [0.15, 0.2) is 0 Å². The zero-order valence-corrected chi connectivity index (χ0v) is 13.1. The highest BCUT2D eigenvalue weighted by Gasteiger charge is 2.37.